The normalized spacial score (nSPS) is 10.2. The Bertz CT molecular complexity index is 479. The second-order valence-corrected chi connectivity index (χ2v) is 3.83. The number of imidazole rings is 1. The van der Waals surface area contributed by atoms with E-state index in [0.717, 1.165) is 0 Å². The van der Waals surface area contributed by atoms with Gasteiger partial charge in [0.05, 0.1) is 19.5 Å². The Balaban J connectivity index is 2.80. The number of carbonyl (C=O) groups is 3. The number of nitrogens with zero attached hydrogens (tertiary/aromatic N) is 2. The van der Waals surface area contributed by atoms with Gasteiger partial charge in [-0.05, 0) is 13.8 Å². The maximum atomic E-state index is 11.9. The van der Waals surface area contributed by atoms with Crippen molar-refractivity contribution in [3.63, 3.8) is 0 Å². The van der Waals surface area contributed by atoms with Gasteiger partial charge in [0.25, 0.3) is 5.91 Å². The Kier molecular flexibility index (Phi) is 5.70. The smallest absolute Gasteiger partial charge is 0.340 e. The van der Waals surface area contributed by atoms with E-state index in [2.05, 4.69) is 10.3 Å². The molecule has 1 amide bonds. The third-order valence-electron chi connectivity index (χ3n) is 2.26. The minimum Gasteiger partial charge on any atom is -0.464 e. The van der Waals surface area contributed by atoms with Gasteiger partial charge >= 0.3 is 11.9 Å². The summed E-state index contributed by atoms with van der Waals surface area (Å²) in [5, 5.41) is 2.25. The molecule has 0 aliphatic heterocycles. The van der Waals surface area contributed by atoms with Gasteiger partial charge in [-0.15, -0.1) is 0 Å². The van der Waals surface area contributed by atoms with E-state index in [9.17, 15) is 14.4 Å². The highest BCUT2D eigenvalue weighted by molar-refractivity contribution is 6.05. The van der Waals surface area contributed by atoms with Crippen molar-refractivity contribution >= 4 is 17.8 Å². The summed E-state index contributed by atoms with van der Waals surface area (Å²) < 4.78 is 11.0. The second kappa shape index (κ2) is 7.27. The molecule has 1 heterocycles. The van der Waals surface area contributed by atoms with Gasteiger partial charge in [0.15, 0.2) is 0 Å². The van der Waals surface area contributed by atoms with Crippen LogP contribution in [0.4, 0.5) is 0 Å². The summed E-state index contributed by atoms with van der Waals surface area (Å²) in [5.74, 6) is -2.39. The Morgan fingerprint density at radius 2 is 1.80 bits per heavy atom. The van der Waals surface area contributed by atoms with Crippen LogP contribution < -0.4 is 5.32 Å². The number of amides is 1. The summed E-state index contributed by atoms with van der Waals surface area (Å²) in [6.07, 6.45) is 2.89. The Hall–Kier alpha value is -2.38. The van der Waals surface area contributed by atoms with Gasteiger partial charge in [0.1, 0.15) is 5.69 Å². The highest BCUT2D eigenvalue weighted by Crippen LogP contribution is 1.99. The van der Waals surface area contributed by atoms with Gasteiger partial charge in [-0.2, -0.15) is 0 Å². The van der Waals surface area contributed by atoms with E-state index >= 15 is 0 Å². The highest BCUT2D eigenvalue weighted by Gasteiger charge is 2.32. The van der Waals surface area contributed by atoms with Gasteiger partial charge in [-0.25, -0.2) is 14.6 Å². The summed E-state index contributed by atoms with van der Waals surface area (Å²) >= 11 is 0. The molecule has 0 unspecified atom stereocenters. The van der Waals surface area contributed by atoms with Gasteiger partial charge in [-0.3, -0.25) is 4.79 Å². The number of hydrogen-bond acceptors (Lipinski definition) is 6. The molecule has 1 rings (SSSR count). The van der Waals surface area contributed by atoms with Crippen molar-refractivity contribution in [2.24, 2.45) is 7.05 Å². The first-order valence-corrected chi connectivity index (χ1v) is 6.11. The molecule has 8 heteroatoms. The number of aromatic nitrogens is 2. The highest BCUT2D eigenvalue weighted by atomic mass is 16.6. The van der Waals surface area contributed by atoms with Crippen LogP contribution in [0.2, 0.25) is 0 Å². The molecule has 0 aromatic carbocycles. The molecule has 0 aliphatic carbocycles. The largest absolute Gasteiger partial charge is 0.464 e. The van der Waals surface area contributed by atoms with Crippen LogP contribution >= 0.6 is 0 Å². The Morgan fingerprint density at radius 1 is 1.25 bits per heavy atom. The van der Waals surface area contributed by atoms with E-state index in [1.807, 2.05) is 0 Å². The van der Waals surface area contributed by atoms with Crippen LogP contribution in [0, 0.1) is 0 Å². The van der Waals surface area contributed by atoms with E-state index in [1.165, 1.54) is 12.5 Å². The molecule has 1 aromatic rings. The fourth-order valence-corrected chi connectivity index (χ4v) is 1.40. The molecule has 8 nitrogen and oxygen atoms in total. The molecule has 110 valence electrons. The van der Waals surface area contributed by atoms with Gasteiger partial charge < -0.3 is 19.4 Å². The zero-order chi connectivity index (χ0) is 15.1. The number of esters is 2. The maximum Gasteiger partial charge on any atom is 0.340 e. The van der Waals surface area contributed by atoms with E-state index in [0.29, 0.717) is 0 Å². The molecule has 0 saturated heterocycles. The minimum absolute atomic E-state index is 0.0890. The van der Waals surface area contributed by atoms with Crippen molar-refractivity contribution in [1.82, 2.24) is 14.9 Å². The van der Waals surface area contributed by atoms with Gasteiger partial charge in [0.2, 0.25) is 6.04 Å². The number of nitrogens with one attached hydrogen (secondary N) is 1. The molecule has 0 spiro atoms. The first-order chi connectivity index (χ1) is 9.49. The maximum absolute atomic E-state index is 11.9. The molecule has 0 aliphatic rings. The second-order valence-electron chi connectivity index (χ2n) is 3.83. The van der Waals surface area contributed by atoms with Crippen molar-refractivity contribution in [2.75, 3.05) is 13.2 Å². The number of rotatable bonds is 6. The topological polar surface area (TPSA) is 99.5 Å². The van der Waals surface area contributed by atoms with Crippen LogP contribution in [0.1, 0.15) is 24.3 Å². The molecule has 1 N–H and O–H groups in total. The third-order valence-corrected chi connectivity index (χ3v) is 2.26. The van der Waals surface area contributed by atoms with E-state index in [-0.39, 0.29) is 18.9 Å². The van der Waals surface area contributed by atoms with Crippen molar-refractivity contribution in [3.05, 3.63) is 18.2 Å². The summed E-state index contributed by atoms with van der Waals surface area (Å²) in [6.45, 7) is 3.38. The number of hydrogen-bond donors (Lipinski definition) is 1. The van der Waals surface area contributed by atoms with E-state index in [1.54, 1.807) is 25.5 Å². The van der Waals surface area contributed by atoms with Crippen molar-refractivity contribution < 1.29 is 23.9 Å². The predicted octanol–water partition coefficient (Wildman–Crippen LogP) is -0.355. The molecule has 0 saturated carbocycles. The summed E-state index contributed by atoms with van der Waals surface area (Å²) in [7, 11) is 1.69. The van der Waals surface area contributed by atoms with E-state index < -0.39 is 23.9 Å². The molecular formula is C12H17N3O5. The molecule has 0 bridgehead atoms. The van der Waals surface area contributed by atoms with Crippen LogP contribution in [0.15, 0.2) is 12.5 Å². The Labute approximate surface area is 116 Å². The monoisotopic (exact) mass is 283 g/mol. The molecule has 0 radical (unpaired) electrons. The average Bonchev–Trinajstić information content (AvgIpc) is 2.83. The van der Waals surface area contributed by atoms with Gasteiger partial charge in [-0.1, -0.05) is 0 Å². The predicted molar refractivity (Wildman–Crippen MR) is 67.7 cm³/mol. The summed E-state index contributed by atoms with van der Waals surface area (Å²) in [5.41, 5.74) is 0.0890. The van der Waals surface area contributed by atoms with Crippen LogP contribution in [0.5, 0.6) is 0 Å². The molecule has 1 aromatic heterocycles. The molecular weight excluding hydrogens is 266 g/mol. The summed E-state index contributed by atoms with van der Waals surface area (Å²) in [6, 6.07) is -1.50. The number of aryl methyl sites for hydroxylation is 1. The minimum atomic E-state index is -1.50. The van der Waals surface area contributed by atoms with E-state index in [4.69, 9.17) is 9.47 Å². The van der Waals surface area contributed by atoms with Crippen LogP contribution in [-0.2, 0) is 26.1 Å². The lowest BCUT2D eigenvalue weighted by molar-refractivity contribution is -0.157. The van der Waals surface area contributed by atoms with Crippen LogP contribution in [-0.4, -0.2) is 46.7 Å². The molecule has 0 fully saturated rings. The molecule has 0 atom stereocenters. The fourth-order valence-electron chi connectivity index (χ4n) is 1.40. The first kappa shape index (κ1) is 15.7. The lowest BCUT2D eigenvalue weighted by Gasteiger charge is -2.15. The lowest BCUT2D eigenvalue weighted by atomic mass is 10.3. The summed E-state index contributed by atoms with van der Waals surface area (Å²) in [4.78, 5) is 39.0. The zero-order valence-electron chi connectivity index (χ0n) is 11.6. The quantitative estimate of drug-likeness (QED) is 0.565. The molecule has 20 heavy (non-hydrogen) atoms. The number of carbonyl (C=O) groups excluding carboxylic acids is 3. The fraction of sp³-hybridized carbons (Fsp3) is 0.500. The third kappa shape index (κ3) is 4.08. The average molecular weight is 283 g/mol. The number of ether oxygens (including phenoxy) is 2. The van der Waals surface area contributed by atoms with Crippen molar-refractivity contribution in [3.8, 4) is 0 Å². The van der Waals surface area contributed by atoms with Crippen molar-refractivity contribution in [1.29, 1.82) is 0 Å². The Morgan fingerprint density at radius 3 is 2.20 bits per heavy atom. The zero-order valence-corrected chi connectivity index (χ0v) is 11.6. The first-order valence-electron chi connectivity index (χ1n) is 6.11. The van der Waals surface area contributed by atoms with Crippen LogP contribution in [0.25, 0.3) is 0 Å². The van der Waals surface area contributed by atoms with Crippen molar-refractivity contribution in [2.45, 2.75) is 19.9 Å². The SMILES string of the molecule is CCOC(=O)C(NC(=O)c1cn(C)cn1)C(=O)OCC. The standard InChI is InChI=1S/C12H17N3O5/c1-4-19-11(17)9(12(18)20-5-2)14-10(16)8-6-15(3)7-13-8/h6-7,9H,4-5H2,1-3H3,(H,14,16). The lowest BCUT2D eigenvalue weighted by Crippen LogP contribution is -2.48. The van der Waals surface area contributed by atoms with Crippen LogP contribution in [0.3, 0.4) is 0 Å². The van der Waals surface area contributed by atoms with Gasteiger partial charge in [0, 0.05) is 13.2 Å².